The Hall–Kier alpha value is -2.43. The molecule has 1 amide bonds. The number of carbonyl (C=O) groups excluding carboxylic acids is 1. The van der Waals surface area contributed by atoms with Crippen LogP contribution < -0.4 is 4.90 Å². The average molecular weight is 303 g/mol. The number of hydrogen-bond acceptors (Lipinski definition) is 2. The van der Waals surface area contributed by atoms with Crippen molar-refractivity contribution in [1.29, 1.82) is 0 Å². The third-order valence-corrected chi connectivity index (χ3v) is 3.68. The van der Waals surface area contributed by atoms with Crippen molar-refractivity contribution in [2.45, 2.75) is 19.4 Å². The maximum atomic E-state index is 13.9. The standard InChI is InChI=1S/C17H15F2NO2/c1-11-7-8-20(17(21)22-11)14-4-2-3-12(9-14)15-6-5-13(18)10-16(15)19/h2-6,9-11H,7-8H2,1H3. The van der Waals surface area contributed by atoms with Crippen molar-refractivity contribution in [3.05, 3.63) is 54.1 Å². The van der Waals surface area contributed by atoms with Crippen molar-refractivity contribution < 1.29 is 18.3 Å². The molecule has 1 heterocycles. The summed E-state index contributed by atoms with van der Waals surface area (Å²) in [5.74, 6) is -1.25. The maximum Gasteiger partial charge on any atom is 0.414 e. The van der Waals surface area contributed by atoms with Gasteiger partial charge in [0.15, 0.2) is 0 Å². The maximum absolute atomic E-state index is 13.9. The first kappa shape index (κ1) is 14.5. The number of carbonyl (C=O) groups is 1. The monoisotopic (exact) mass is 303 g/mol. The van der Waals surface area contributed by atoms with Crippen molar-refractivity contribution >= 4 is 11.8 Å². The lowest BCUT2D eigenvalue weighted by atomic mass is 10.0. The fraction of sp³-hybridized carbons (Fsp3) is 0.235. The van der Waals surface area contributed by atoms with Gasteiger partial charge in [-0.05, 0) is 36.8 Å². The largest absolute Gasteiger partial charge is 0.446 e. The average Bonchev–Trinajstić information content (AvgIpc) is 2.47. The minimum atomic E-state index is -0.632. The molecule has 0 saturated carbocycles. The van der Waals surface area contributed by atoms with Gasteiger partial charge in [-0.3, -0.25) is 4.90 Å². The van der Waals surface area contributed by atoms with Crippen molar-refractivity contribution in [2.24, 2.45) is 0 Å². The molecule has 3 rings (SSSR count). The van der Waals surface area contributed by atoms with Crippen LogP contribution in [0, 0.1) is 11.6 Å². The van der Waals surface area contributed by atoms with E-state index < -0.39 is 17.7 Å². The number of ether oxygens (including phenoxy) is 1. The van der Waals surface area contributed by atoms with E-state index in [2.05, 4.69) is 0 Å². The second-order valence-electron chi connectivity index (χ2n) is 5.31. The highest BCUT2D eigenvalue weighted by Gasteiger charge is 2.25. The summed E-state index contributed by atoms with van der Waals surface area (Å²) < 4.78 is 32.1. The fourth-order valence-electron chi connectivity index (χ4n) is 2.50. The topological polar surface area (TPSA) is 29.5 Å². The minimum Gasteiger partial charge on any atom is -0.446 e. The van der Waals surface area contributed by atoms with Gasteiger partial charge in [-0.25, -0.2) is 13.6 Å². The van der Waals surface area contributed by atoms with E-state index in [4.69, 9.17) is 4.74 Å². The summed E-state index contributed by atoms with van der Waals surface area (Å²) >= 11 is 0. The summed E-state index contributed by atoms with van der Waals surface area (Å²) in [5.41, 5.74) is 1.52. The molecule has 1 aliphatic heterocycles. The smallest absolute Gasteiger partial charge is 0.414 e. The SMILES string of the molecule is CC1CCN(c2cccc(-c3ccc(F)cc3F)c2)C(=O)O1. The molecule has 0 N–H and O–H groups in total. The normalized spacial score (nSPS) is 18.2. The number of cyclic esters (lactones) is 1. The summed E-state index contributed by atoms with van der Waals surface area (Å²) in [6.45, 7) is 2.40. The minimum absolute atomic E-state index is 0.0959. The van der Waals surface area contributed by atoms with Crippen LogP contribution >= 0.6 is 0 Å². The zero-order valence-corrected chi connectivity index (χ0v) is 12.1. The van der Waals surface area contributed by atoms with Crippen LogP contribution in [-0.4, -0.2) is 18.7 Å². The fourth-order valence-corrected chi connectivity index (χ4v) is 2.50. The molecule has 0 bridgehead atoms. The molecule has 2 aromatic rings. The summed E-state index contributed by atoms with van der Waals surface area (Å²) in [7, 11) is 0. The molecular formula is C17H15F2NO2. The van der Waals surface area contributed by atoms with E-state index >= 15 is 0 Å². The highest BCUT2D eigenvalue weighted by atomic mass is 19.1. The first-order valence-corrected chi connectivity index (χ1v) is 7.08. The molecule has 1 atom stereocenters. The zero-order valence-electron chi connectivity index (χ0n) is 12.1. The number of hydrogen-bond donors (Lipinski definition) is 0. The Bertz CT molecular complexity index is 718. The van der Waals surface area contributed by atoms with Crippen LogP contribution in [0.3, 0.4) is 0 Å². The molecule has 114 valence electrons. The van der Waals surface area contributed by atoms with Crippen LogP contribution in [-0.2, 0) is 4.74 Å². The Morgan fingerprint density at radius 3 is 2.73 bits per heavy atom. The first-order chi connectivity index (χ1) is 10.5. The number of rotatable bonds is 2. The summed E-state index contributed by atoms with van der Waals surface area (Å²) in [5, 5.41) is 0. The van der Waals surface area contributed by atoms with Gasteiger partial charge < -0.3 is 4.74 Å². The molecule has 0 spiro atoms. The Balaban J connectivity index is 1.94. The van der Waals surface area contributed by atoms with Crippen LogP contribution in [0.2, 0.25) is 0 Å². The molecule has 0 radical (unpaired) electrons. The third kappa shape index (κ3) is 2.79. The van der Waals surface area contributed by atoms with Gasteiger partial charge in [-0.2, -0.15) is 0 Å². The lowest BCUT2D eigenvalue weighted by Crippen LogP contribution is -2.41. The highest BCUT2D eigenvalue weighted by Crippen LogP contribution is 2.29. The van der Waals surface area contributed by atoms with E-state index in [0.29, 0.717) is 23.4 Å². The van der Waals surface area contributed by atoms with Gasteiger partial charge in [-0.1, -0.05) is 12.1 Å². The number of anilines is 1. The van der Waals surface area contributed by atoms with Crippen LogP contribution in [0.5, 0.6) is 0 Å². The molecule has 5 heteroatoms. The van der Waals surface area contributed by atoms with Crippen molar-refractivity contribution in [3.8, 4) is 11.1 Å². The van der Waals surface area contributed by atoms with Crippen LogP contribution in [0.1, 0.15) is 13.3 Å². The zero-order chi connectivity index (χ0) is 15.7. The van der Waals surface area contributed by atoms with Crippen molar-refractivity contribution in [2.75, 3.05) is 11.4 Å². The number of benzene rings is 2. The van der Waals surface area contributed by atoms with Gasteiger partial charge in [0.1, 0.15) is 17.7 Å². The van der Waals surface area contributed by atoms with Crippen LogP contribution in [0.25, 0.3) is 11.1 Å². The van der Waals surface area contributed by atoms with Gasteiger partial charge in [0.2, 0.25) is 0 Å². The lowest BCUT2D eigenvalue weighted by molar-refractivity contribution is 0.0944. The molecule has 1 unspecified atom stereocenters. The van der Waals surface area contributed by atoms with E-state index in [1.54, 1.807) is 24.3 Å². The predicted molar refractivity (Wildman–Crippen MR) is 79.7 cm³/mol. The first-order valence-electron chi connectivity index (χ1n) is 7.08. The molecule has 0 aromatic heterocycles. The highest BCUT2D eigenvalue weighted by molar-refractivity contribution is 5.89. The number of halogens is 2. The number of nitrogens with zero attached hydrogens (tertiary/aromatic N) is 1. The van der Waals surface area contributed by atoms with E-state index in [9.17, 15) is 13.6 Å². The van der Waals surface area contributed by atoms with Gasteiger partial charge in [0.05, 0.1) is 0 Å². The number of amides is 1. The van der Waals surface area contributed by atoms with E-state index in [1.165, 1.54) is 17.0 Å². The van der Waals surface area contributed by atoms with Crippen molar-refractivity contribution in [3.63, 3.8) is 0 Å². The Labute approximate surface area is 127 Å². The Kier molecular flexibility index (Phi) is 3.79. The second-order valence-corrected chi connectivity index (χ2v) is 5.31. The van der Waals surface area contributed by atoms with Gasteiger partial charge >= 0.3 is 6.09 Å². The molecular weight excluding hydrogens is 288 g/mol. The Morgan fingerprint density at radius 1 is 1.18 bits per heavy atom. The molecule has 22 heavy (non-hydrogen) atoms. The van der Waals surface area contributed by atoms with E-state index in [0.717, 1.165) is 12.5 Å². The van der Waals surface area contributed by atoms with Crippen LogP contribution in [0.15, 0.2) is 42.5 Å². The predicted octanol–water partition coefficient (Wildman–Crippen LogP) is 4.37. The molecule has 3 nitrogen and oxygen atoms in total. The van der Waals surface area contributed by atoms with Crippen molar-refractivity contribution in [1.82, 2.24) is 0 Å². The molecule has 0 aliphatic carbocycles. The summed E-state index contributed by atoms with van der Waals surface area (Å²) in [6, 6.07) is 10.4. The second kappa shape index (κ2) is 5.75. The summed E-state index contributed by atoms with van der Waals surface area (Å²) in [6.07, 6.45) is 0.234. The van der Waals surface area contributed by atoms with Gasteiger partial charge in [0, 0.05) is 30.3 Å². The van der Waals surface area contributed by atoms with E-state index in [-0.39, 0.29) is 6.10 Å². The van der Waals surface area contributed by atoms with Gasteiger partial charge in [0.25, 0.3) is 0 Å². The summed E-state index contributed by atoms with van der Waals surface area (Å²) in [4.78, 5) is 13.5. The van der Waals surface area contributed by atoms with Crippen LogP contribution in [0.4, 0.5) is 19.3 Å². The lowest BCUT2D eigenvalue weighted by Gasteiger charge is -2.30. The molecule has 2 aromatic carbocycles. The molecule has 1 saturated heterocycles. The third-order valence-electron chi connectivity index (χ3n) is 3.68. The Morgan fingerprint density at radius 2 is 2.00 bits per heavy atom. The molecule has 1 fully saturated rings. The van der Waals surface area contributed by atoms with E-state index in [1.807, 2.05) is 6.92 Å². The van der Waals surface area contributed by atoms with Gasteiger partial charge in [-0.15, -0.1) is 0 Å². The molecule has 1 aliphatic rings. The quantitative estimate of drug-likeness (QED) is 0.824.